The molecule has 0 saturated carbocycles. The molecule has 0 aliphatic carbocycles. The lowest BCUT2D eigenvalue weighted by Crippen LogP contribution is -2.31. The number of rotatable bonds is 5. The highest BCUT2D eigenvalue weighted by Gasteiger charge is 2.22. The molecule has 0 fully saturated rings. The number of carbonyl (C=O) groups is 1. The van der Waals surface area contributed by atoms with Crippen LogP contribution in [0.25, 0.3) is 27.8 Å². The third kappa shape index (κ3) is 3.49. The van der Waals surface area contributed by atoms with E-state index in [9.17, 15) is 15.3 Å². The summed E-state index contributed by atoms with van der Waals surface area (Å²) in [5, 5.41) is 22.7. The van der Waals surface area contributed by atoms with Crippen LogP contribution in [0.4, 0.5) is 5.82 Å². The Morgan fingerprint density at radius 2 is 1.78 bits per heavy atom. The number of fused-ring (bicyclic) bond motifs is 3. The van der Waals surface area contributed by atoms with Crippen molar-refractivity contribution in [3.8, 4) is 23.3 Å². The molecule has 0 atom stereocenters. The van der Waals surface area contributed by atoms with Gasteiger partial charge in [-0.15, -0.1) is 0 Å². The molecule has 0 aliphatic rings. The van der Waals surface area contributed by atoms with Crippen molar-refractivity contribution in [3.63, 3.8) is 0 Å². The Morgan fingerprint density at radius 1 is 1.09 bits per heavy atom. The Kier molecular flexibility index (Phi) is 5.46. The summed E-state index contributed by atoms with van der Waals surface area (Å²) >= 11 is 0. The standard InChI is InChI=1S/C24H21N7O/c1-30(2)12-11-28-24(32)16-9-7-15(8-10-16)21-17(13-25)22(27)31-20-6-4-3-5-19(20)29-23(31)18(21)14-26/h3-10H,11-12,27H2,1-2H3,(H,28,32). The lowest BCUT2D eigenvalue weighted by molar-refractivity contribution is 0.0951. The molecule has 158 valence electrons. The molecule has 4 rings (SSSR count). The van der Waals surface area contributed by atoms with E-state index in [1.165, 1.54) is 0 Å². The number of hydrogen-bond acceptors (Lipinski definition) is 6. The lowest BCUT2D eigenvalue weighted by Gasteiger charge is -2.13. The summed E-state index contributed by atoms with van der Waals surface area (Å²) < 4.78 is 1.64. The Morgan fingerprint density at radius 3 is 2.44 bits per heavy atom. The molecule has 0 bridgehead atoms. The number of nitrogens with one attached hydrogen (secondary N) is 1. The number of nitrogens with zero attached hydrogens (tertiary/aromatic N) is 5. The number of benzene rings is 2. The fraction of sp³-hybridized carbons (Fsp3) is 0.167. The maximum atomic E-state index is 12.4. The minimum absolute atomic E-state index is 0.186. The van der Waals surface area contributed by atoms with E-state index in [0.29, 0.717) is 34.4 Å². The van der Waals surface area contributed by atoms with Crippen LogP contribution in [-0.2, 0) is 0 Å². The molecular weight excluding hydrogens is 402 g/mol. The van der Waals surface area contributed by atoms with Crippen LogP contribution in [-0.4, -0.2) is 47.4 Å². The van der Waals surface area contributed by atoms with Crippen molar-refractivity contribution in [2.24, 2.45) is 0 Å². The second-order valence-corrected chi connectivity index (χ2v) is 7.63. The second kappa shape index (κ2) is 8.38. The zero-order valence-corrected chi connectivity index (χ0v) is 17.8. The number of likely N-dealkylation sites (N-methyl/N-ethyl adjacent to an activating group) is 1. The summed E-state index contributed by atoms with van der Waals surface area (Å²) in [6.45, 7) is 1.27. The summed E-state index contributed by atoms with van der Waals surface area (Å²) in [5.41, 5.74) is 10.2. The molecule has 1 amide bonds. The molecule has 32 heavy (non-hydrogen) atoms. The van der Waals surface area contributed by atoms with Gasteiger partial charge in [-0.3, -0.25) is 9.20 Å². The number of nitrogens with two attached hydrogens (primary N) is 1. The molecule has 0 radical (unpaired) electrons. The van der Waals surface area contributed by atoms with Gasteiger partial charge >= 0.3 is 0 Å². The fourth-order valence-electron chi connectivity index (χ4n) is 3.71. The fourth-order valence-corrected chi connectivity index (χ4v) is 3.71. The highest BCUT2D eigenvalue weighted by atomic mass is 16.1. The van der Waals surface area contributed by atoms with Gasteiger partial charge in [0.2, 0.25) is 0 Å². The average molecular weight is 423 g/mol. The number of carbonyl (C=O) groups excluding carboxylic acids is 1. The molecule has 0 saturated heterocycles. The zero-order chi connectivity index (χ0) is 22.8. The second-order valence-electron chi connectivity index (χ2n) is 7.63. The monoisotopic (exact) mass is 423 g/mol. The number of hydrogen-bond donors (Lipinski definition) is 2. The maximum absolute atomic E-state index is 12.4. The quantitative estimate of drug-likeness (QED) is 0.509. The summed E-state index contributed by atoms with van der Waals surface area (Å²) in [6, 6.07) is 18.5. The Balaban J connectivity index is 1.83. The van der Waals surface area contributed by atoms with E-state index in [0.717, 1.165) is 12.1 Å². The van der Waals surface area contributed by atoms with Gasteiger partial charge in [0.1, 0.15) is 29.1 Å². The lowest BCUT2D eigenvalue weighted by atomic mass is 9.95. The molecule has 4 aromatic rings. The summed E-state index contributed by atoms with van der Waals surface area (Å²) in [4.78, 5) is 18.9. The number of amides is 1. The number of nitriles is 2. The van der Waals surface area contributed by atoms with Crippen molar-refractivity contribution in [3.05, 3.63) is 65.2 Å². The van der Waals surface area contributed by atoms with E-state index in [1.54, 1.807) is 28.7 Å². The number of nitrogen functional groups attached to an aromatic ring is 1. The van der Waals surface area contributed by atoms with E-state index in [1.807, 2.05) is 43.3 Å². The predicted octanol–water partition coefficient (Wildman–Crippen LogP) is 2.77. The van der Waals surface area contributed by atoms with Crippen LogP contribution in [0.3, 0.4) is 0 Å². The third-order valence-corrected chi connectivity index (χ3v) is 5.29. The van der Waals surface area contributed by atoms with Gasteiger partial charge in [0.05, 0.1) is 11.0 Å². The van der Waals surface area contributed by atoms with Crippen molar-refractivity contribution in [1.29, 1.82) is 10.5 Å². The van der Waals surface area contributed by atoms with Crippen molar-refractivity contribution < 1.29 is 4.79 Å². The SMILES string of the molecule is CN(C)CCNC(=O)c1ccc(-c2c(C#N)c(N)n3c(nc4ccccc43)c2C#N)cc1. The average Bonchev–Trinajstić information content (AvgIpc) is 3.18. The molecule has 0 aliphatic heterocycles. The normalized spacial score (nSPS) is 10.9. The van der Waals surface area contributed by atoms with Gasteiger partial charge in [0.15, 0.2) is 5.65 Å². The molecule has 3 N–H and O–H groups in total. The Bertz CT molecular complexity index is 1420. The van der Waals surface area contributed by atoms with E-state index >= 15 is 0 Å². The molecule has 2 heterocycles. The van der Waals surface area contributed by atoms with Gasteiger partial charge < -0.3 is 16.0 Å². The van der Waals surface area contributed by atoms with Gasteiger partial charge in [0, 0.05) is 24.2 Å². The smallest absolute Gasteiger partial charge is 0.251 e. The van der Waals surface area contributed by atoms with Gasteiger partial charge in [-0.25, -0.2) is 4.98 Å². The van der Waals surface area contributed by atoms with E-state index in [2.05, 4.69) is 22.4 Å². The van der Waals surface area contributed by atoms with Gasteiger partial charge in [0.25, 0.3) is 5.91 Å². The van der Waals surface area contributed by atoms with Crippen LogP contribution in [0.2, 0.25) is 0 Å². The van der Waals surface area contributed by atoms with E-state index in [-0.39, 0.29) is 22.9 Å². The molecule has 0 spiro atoms. The number of anilines is 1. The van der Waals surface area contributed by atoms with Gasteiger partial charge in [-0.2, -0.15) is 10.5 Å². The van der Waals surface area contributed by atoms with Crippen LogP contribution < -0.4 is 11.1 Å². The van der Waals surface area contributed by atoms with Crippen molar-refractivity contribution >= 4 is 28.4 Å². The highest BCUT2D eigenvalue weighted by molar-refractivity contribution is 5.96. The number of imidazole rings is 1. The van der Waals surface area contributed by atoms with Gasteiger partial charge in [-0.1, -0.05) is 24.3 Å². The third-order valence-electron chi connectivity index (χ3n) is 5.29. The number of para-hydroxylation sites is 2. The van der Waals surface area contributed by atoms with Crippen LogP contribution >= 0.6 is 0 Å². The first-order valence-corrected chi connectivity index (χ1v) is 10.0. The van der Waals surface area contributed by atoms with Crippen LogP contribution in [0.5, 0.6) is 0 Å². The summed E-state index contributed by atoms with van der Waals surface area (Å²) in [6.07, 6.45) is 0. The van der Waals surface area contributed by atoms with Crippen LogP contribution in [0.15, 0.2) is 48.5 Å². The summed E-state index contributed by atoms with van der Waals surface area (Å²) in [5.74, 6) is 0.0320. The van der Waals surface area contributed by atoms with E-state index < -0.39 is 0 Å². The van der Waals surface area contributed by atoms with Crippen LogP contribution in [0, 0.1) is 22.7 Å². The zero-order valence-electron chi connectivity index (χ0n) is 17.8. The molecule has 2 aromatic carbocycles. The minimum Gasteiger partial charge on any atom is -0.384 e. The molecule has 8 heteroatoms. The first-order valence-electron chi connectivity index (χ1n) is 10.0. The van der Waals surface area contributed by atoms with Crippen LogP contribution in [0.1, 0.15) is 21.5 Å². The highest BCUT2D eigenvalue weighted by Crippen LogP contribution is 2.35. The Labute approximate surface area is 185 Å². The van der Waals surface area contributed by atoms with Crippen molar-refractivity contribution in [2.75, 3.05) is 32.9 Å². The van der Waals surface area contributed by atoms with Crippen molar-refractivity contribution in [2.45, 2.75) is 0 Å². The first-order chi connectivity index (χ1) is 15.5. The van der Waals surface area contributed by atoms with Gasteiger partial charge in [-0.05, 0) is 43.9 Å². The topological polar surface area (TPSA) is 123 Å². The predicted molar refractivity (Wildman–Crippen MR) is 123 cm³/mol. The minimum atomic E-state index is -0.186. The van der Waals surface area contributed by atoms with Crippen molar-refractivity contribution in [1.82, 2.24) is 19.6 Å². The number of aromatic nitrogens is 2. The maximum Gasteiger partial charge on any atom is 0.251 e. The molecule has 0 unspecified atom stereocenters. The number of pyridine rings is 1. The molecular formula is C24H21N7O. The first kappa shape index (κ1) is 20.9. The summed E-state index contributed by atoms with van der Waals surface area (Å²) in [7, 11) is 3.87. The largest absolute Gasteiger partial charge is 0.384 e. The van der Waals surface area contributed by atoms with E-state index in [4.69, 9.17) is 5.73 Å². The molecule has 2 aromatic heterocycles. The Hall–Kier alpha value is -4.40. The molecule has 8 nitrogen and oxygen atoms in total.